The zero-order valence-electron chi connectivity index (χ0n) is 21.4. The molecule has 2 saturated heterocycles. The molecule has 4 aliphatic rings. The van der Waals surface area contributed by atoms with E-state index in [1.165, 1.54) is 11.8 Å². The summed E-state index contributed by atoms with van der Waals surface area (Å²) in [6.45, 7) is 4.23. The number of ether oxygens (including phenoxy) is 2. The van der Waals surface area contributed by atoms with E-state index in [0.717, 1.165) is 12.8 Å². The van der Waals surface area contributed by atoms with Crippen molar-refractivity contribution in [1.82, 2.24) is 4.90 Å². The molecule has 5 rings (SSSR count). The monoisotopic (exact) mass is 526 g/mol. The fourth-order valence-electron chi connectivity index (χ4n) is 6.16. The average Bonchev–Trinajstić information content (AvgIpc) is 3.29. The van der Waals surface area contributed by atoms with Crippen molar-refractivity contribution < 1.29 is 29.0 Å². The summed E-state index contributed by atoms with van der Waals surface area (Å²) in [7, 11) is 1.59. The molecule has 1 N–H and O–H groups in total. The number of thioether (sulfide) groups is 1. The number of esters is 1. The summed E-state index contributed by atoms with van der Waals surface area (Å²) in [4.78, 5) is 45.3. The van der Waals surface area contributed by atoms with E-state index in [2.05, 4.69) is 6.08 Å². The fourth-order valence-corrected chi connectivity index (χ4v) is 8.15. The first kappa shape index (κ1) is 25.9. The molecule has 6 atom stereocenters. The molecular formula is C28H34N2O6S. The van der Waals surface area contributed by atoms with Crippen LogP contribution in [0.25, 0.3) is 0 Å². The van der Waals surface area contributed by atoms with Gasteiger partial charge in [0.15, 0.2) is 0 Å². The zero-order valence-corrected chi connectivity index (χ0v) is 22.2. The lowest BCUT2D eigenvalue weighted by Gasteiger charge is -2.39. The molecule has 198 valence electrons. The molecule has 1 aromatic rings. The highest BCUT2D eigenvalue weighted by atomic mass is 32.2. The number of anilines is 1. The predicted octanol–water partition coefficient (Wildman–Crippen LogP) is 2.81. The Hall–Kier alpha value is -2.78. The standard InChI is InChI=1S/C28H34N2O6S/c1-17(2)20(16-31)30-24-26(33)29(18-9-11-19(35-3)12-10-18)14-7-13-28(24)23(25(30)32)22-21(37-28)8-5-4-6-15-36-27(22)34/h5,7-13,17,20-24,31H,4,6,14-16H2,1-3H3/b8-5-/t20-,21-,22+,23-,24?,28-/m0/s1. The van der Waals surface area contributed by atoms with Crippen LogP contribution in [0.5, 0.6) is 5.75 Å². The molecule has 8 nitrogen and oxygen atoms in total. The second-order valence-corrected chi connectivity index (χ2v) is 11.9. The minimum atomic E-state index is -0.949. The van der Waals surface area contributed by atoms with Gasteiger partial charge in [-0.2, -0.15) is 0 Å². The van der Waals surface area contributed by atoms with Gasteiger partial charge in [-0.15, -0.1) is 11.8 Å². The maximum Gasteiger partial charge on any atom is 0.311 e. The van der Waals surface area contributed by atoms with Gasteiger partial charge in [0.05, 0.1) is 42.9 Å². The van der Waals surface area contributed by atoms with E-state index in [0.29, 0.717) is 24.6 Å². The number of hydrogen-bond donors (Lipinski definition) is 1. The maximum absolute atomic E-state index is 14.4. The highest BCUT2D eigenvalue weighted by Gasteiger charge is 2.71. The third kappa shape index (κ3) is 4.16. The summed E-state index contributed by atoms with van der Waals surface area (Å²) < 4.78 is 9.94. The second kappa shape index (κ2) is 10.2. The number of allylic oxidation sites excluding steroid dienone is 1. The Morgan fingerprint density at radius 3 is 2.59 bits per heavy atom. The SMILES string of the molecule is COc1ccc(N2CC=C[C@]34S[C@H]5/C=C\CCCOC(=O)[C@H]5[C@H]3C(=O)N([C@@H](CO)C(C)C)C4C2=O)cc1. The molecule has 0 aromatic heterocycles. The van der Waals surface area contributed by atoms with Gasteiger partial charge in [-0.25, -0.2) is 0 Å². The van der Waals surface area contributed by atoms with Crippen molar-refractivity contribution in [3.63, 3.8) is 0 Å². The number of hydrogen-bond acceptors (Lipinski definition) is 7. The van der Waals surface area contributed by atoms with Crippen LogP contribution in [0.2, 0.25) is 0 Å². The molecular weight excluding hydrogens is 492 g/mol. The summed E-state index contributed by atoms with van der Waals surface area (Å²) in [5.41, 5.74) is 0.693. The van der Waals surface area contributed by atoms with Crippen LogP contribution in [0, 0.1) is 17.8 Å². The molecule has 9 heteroatoms. The Morgan fingerprint density at radius 2 is 1.92 bits per heavy atom. The van der Waals surface area contributed by atoms with E-state index in [1.54, 1.807) is 29.0 Å². The molecule has 0 aliphatic carbocycles. The van der Waals surface area contributed by atoms with Crippen molar-refractivity contribution in [3.8, 4) is 5.75 Å². The molecule has 4 aliphatic heterocycles. The number of methoxy groups -OCH3 is 1. The predicted molar refractivity (Wildman–Crippen MR) is 141 cm³/mol. The van der Waals surface area contributed by atoms with E-state index < -0.39 is 28.7 Å². The highest BCUT2D eigenvalue weighted by Crippen LogP contribution is 2.61. The Morgan fingerprint density at radius 1 is 1.16 bits per heavy atom. The lowest BCUT2D eigenvalue weighted by Crippen LogP contribution is -2.57. The molecule has 0 bridgehead atoms. The number of carbonyl (C=O) groups excluding carboxylic acids is 3. The first-order chi connectivity index (χ1) is 17.8. The van der Waals surface area contributed by atoms with E-state index in [4.69, 9.17) is 9.47 Å². The molecule has 2 fully saturated rings. The quantitative estimate of drug-likeness (QED) is 0.466. The normalized spacial score (nSPS) is 33.1. The van der Waals surface area contributed by atoms with Crippen molar-refractivity contribution in [2.24, 2.45) is 17.8 Å². The second-order valence-electron chi connectivity index (χ2n) is 10.4. The zero-order chi connectivity index (χ0) is 26.3. The first-order valence-electron chi connectivity index (χ1n) is 12.9. The van der Waals surface area contributed by atoms with E-state index >= 15 is 0 Å². The van der Waals surface area contributed by atoms with Crippen LogP contribution >= 0.6 is 11.8 Å². The minimum absolute atomic E-state index is 0.0903. The summed E-state index contributed by atoms with van der Waals surface area (Å²) in [6, 6.07) is 5.82. The van der Waals surface area contributed by atoms with Gasteiger partial charge in [-0.1, -0.05) is 38.2 Å². The van der Waals surface area contributed by atoms with E-state index in [1.807, 2.05) is 44.2 Å². The molecule has 1 spiro atoms. The van der Waals surface area contributed by atoms with Crippen LogP contribution < -0.4 is 9.64 Å². The lowest BCUT2D eigenvalue weighted by molar-refractivity contribution is -0.153. The van der Waals surface area contributed by atoms with Gasteiger partial charge in [0.1, 0.15) is 11.8 Å². The highest BCUT2D eigenvalue weighted by molar-refractivity contribution is 8.02. The van der Waals surface area contributed by atoms with Crippen LogP contribution in [0.4, 0.5) is 5.69 Å². The van der Waals surface area contributed by atoms with Gasteiger partial charge >= 0.3 is 5.97 Å². The summed E-state index contributed by atoms with van der Waals surface area (Å²) >= 11 is 1.51. The van der Waals surface area contributed by atoms with Gasteiger partial charge in [0, 0.05) is 17.5 Å². The number of fused-ring (bicyclic) bond motifs is 2. The van der Waals surface area contributed by atoms with Crippen molar-refractivity contribution in [3.05, 3.63) is 48.6 Å². The number of nitrogens with zero attached hydrogens (tertiary/aromatic N) is 2. The summed E-state index contributed by atoms with van der Waals surface area (Å²) in [5.74, 6) is -1.74. The molecule has 1 aromatic carbocycles. The van der Waals surface area contributed by atoms with Crippen LogP contribution in [-0.2, 0) is 19.1 Å². The number of aliphatic hydroxyl groups excluding tert-OH is 1. The van der Waals surface area contributed by atoms with E-state index in [-0.39, 0.29) is 35.6 Å². The lowest BCUT2D eigenvalue weighted by atomic mass is 9.78. The Balaban J connectivity index is 1.64. The van der Waals surface area contributed by atoms with Crippen LogP contribution in [0.15, 0.2) is 48.6 Å². The fraction of sp³-hybridized carbons (Fsp3) is 0.536. The molecule has 1 unspecified atom stereocenters. The van der Waals surface area contributed by atoms with Crippen LogP contribution in [0.1, 0.15) is 26.7 Å². The number of cyclic esters (lactones) is 1. The van der Waals surface area contributed by atoms with Crippen LogP contribution in [-0.4, -0.2) is 76.7 Å². The van der Waals surface area contributed by atoms with E-state index in [9.17, 15) is 19.5 Å². The number of benzene rings is 1. The molecule has 2 amide bonds. The smallest absolute Gasteiger partial charge is 0.311 e. The van der Waals surface area contributed by atoms with Gasteiger partial charge in [0.25, 0.3) is 5.91 Å². The van der Waals surface area contributed by atoms with Gasteiger partial charge in [-0.3, -0.25) is 14.4 Å². The van der Waals surface area contributed by atoms with Crippen molar-refractivity contribution in [2.75, 3.05) is 31.8 Å². The largest absolute Gasteiger partial charge is 0.497 e. The number of rotatable bonds is 5. The molecule has 4 heterocycles. The minimum Gasteiger partial charge on any atom is -0.497 e. The Bertz CT molecular complexity index is 1120. The molecule has 0 saturated carbocycles. The van der Waals surface area contributed by atoms with Gasteiger partial charge in [0.2, 0.25) is 5.91 Å². The van der Waals surface area contributed by atoms with Crippen molar-refractivity contribution in [1.29, 1.82) is 0 Å². The Labute approximate surface area is 221 Å². The van der Waals surface area contributed by atoms with Crippen molar-refractivity contribution in [2.45, 2.75) is 48.8 Å². The van der Waals surface area contributed by atoms with Gasteiger partial charge < -0.3 is 24.4 Å². The maximum atomic E-state index is 14.4. The van der Waals surface area contributed by atoms with Crippen LogP contribution in [0.3, 0.4) is 0 Å². The number of carbonyl (C=O) groups is 3. The number of aliphatic hydroxyl groups is 1. The topological polar surface area (TPSA) is 96.4 Å². The third-order valence-corrected chi connectivity index (χ3v) is 9.73. The summed E-state index contributed by atoms with van der Waals surface area (Å²) in [5, 5.41) is 10.1. The molecule has 0 radical (unpaired) electrons. The third-order valence-electron chi connectivity index (χ3n) is 7.99. The summed E-state index contributed by atoms with van der Waals surface area (Å²) in [6.07, 6.45) is 9.50. The Kier molecular flexibility index (Phi) is 7.11. The number of likely N-dealkylation sites (tertiary alicyclic amines) is 1. The van der Waals surface area contributed by atoms with Crippen molar-refractivity contribution >= 4 is 35.2 Å². The average molecular weight is 527 g/mol. The first-order valence-corrected chi connectivity index (χ1v) is 13.8. The van der Waals surface area contributed by atoms with Gasteiger partial charge in [-0.05, 0) is 43.0 Å². The molecule has 37 heavy (non-hydrogen) atoms. The number of amides is 2.